The summed E-state index contributed by atoms with van der Waals surface area (Å²) in [6.07, 6.45) is -1.11. The Hall–Kier alpha value is -1.25. The first-order valence-electron chi connectivity index (χ1n) is 4.91. The summed E-state index contributed by atoms with van der Waals surface area (Å²) in [5.74, 6) is -1.08. The highest BCUT2D eigenvalue weighted by Crippen LogP contribution is 2.29. The van der Waals surface area contributed by atoms with Crippen LogP contribution in [-0.4, -0.2) is 21.1 Å². The lowest BCUT2D eigenvalue weighted by molar-refractivity contribution is 0.198. The normalized spacial score (nSPS) is 12.6. The maximum atomic E-state index is 13.4. The first kappa shape index (κ1) is 13.2. The molecular formula is C10H9F2N3OS2. The molecule has 1 aromatic carbocycles. The van der Waals surface area contributed by atoms with Crippen molar-refractivity contribution in [3.63, 3.8) is 0 Å². The lowest BCUT2D eigenvalue weighted by Gasteiger charge is -2.10. The summed E-state index contributed by atoms with van der Waals surface area (Å²) >= 11 is 2.36. The number of anilines is 1. The van der Waals surface area contributed by atoms with Gasteiger partial charge in [-0.3, -0.25) is 0 Å². The summed E-state index contributed by atoms with van der Waals surface area (Å²) in [4.78, 5) is 0. The van der Waals surface area contributed by atoms with Crippen molar-refractivity contribution in [2.75, 3.05) is 11.5 Å². The van der Waals surface area contributed by atoms with Gasteiger partial charge in [0.25, 0.3) is 0 Å². The number of nitrogen functional groups attached to an aromatic ring is 1. The van der Waals surface area contributed by atoms with Gasteiger partial charge in [0.2, 0.25) is 5.13 Å². The number of aliphatic hydroxyl groups is 1. The zero-order valence-corrected chi connectivity index (χ0v) is 10.6. The van der Waals surface area contributed by atoms with E-state index in [1.54, 1.807) is 0 Å². The molecule has 1 heterocycles. The molecule has 2 aromatic rings. The van der Waals surface area contributed by atoms with Crippen LogP contribution in [-0.2, 0) is 0 Å². The van der Waals surface area contributed by atoms with E-state index in [0.717, 1.165) is 18.2 Å². The molecule has 0 radical (unpaired) electrons. The van der Waals surface area contributed by atoms with Gasteiger partial charge in [0.15, 0.2) is 4.34 Å². The lowest BCUT2D eigenvalue weighted by atomic mass is 10.1. The lowest BCUT2D eigenvalue weighted by Crippen LogP contribution is -2.04. The minimum absolute atomic E-state index is 0.0695. The fraction of sp³-hybridized carbons (Fsp3) is 0.200. The second kappa shape index (κ2) is 5.59. The molecule has 0 saturated carbocycles. The zero-order valence-electron chi connectivity index (χ0n) is 9.01. The van der Waals surface area contributed by atoms with Crippen molar-refractivity contribution in [2.45, 2.75) is 10.4 Å². The molecule has 8 heteroatoms. The maximum absolute atomic E-state index is 13.4. The van der Waals surface area contributed by atoms with E-state index in [1.165, 1.54) is 23.1 Å². The van der Waals surface area contributed by atoms with Crippen LogP contribution in [0.25, 0.3) is 0 Å². The van der Waals surface area contributed by atoms with Gasteiger partial charge in [-0.1, -0.05) is 23.1 Å². The van der Waals surface area contributed by atoms with Crippen LogP contribution in [0, 0.1) is 11.6 Å². The summed E-state index contributed by atoms with van der Waals surface area (Å²) in [6, 6.07) is 2.97. The molecule has 1 aromatic heterocycles. The molecule has 0 bridgehead atoms. The van der Waals surface area contributed by atoms with Crippen LogP contribution in [0.4, 0.5) is 13.9 Å². The number of hydrogen-bond acceptors (Lipinski definition) is 6. The predicted molar refractivity (Wildman–Crippen MR) is 66.4 cm³/mol. The summed E-state index contributed by atoms with van der Waals surface area (Å²) in [5, 5.41) is 17.5. The topological polar surface area (TPSA) is 72.0 Å². The van der Waals surface area contributed by atoms with Crippen LogP contribution in [0.5, 0.6) is 0 Å². The minimum atomic E-state index is -1.11. The number of hydrogen-bond donors (Lipinski definition) is 2. The predicted octanol–water partition coefficient (Wildman–Crippen LogP) is 2.22. The second-order valence-corrected chi connectivity index (χ2v) is 5.68. The maximum Gasteiger partial charge on any atom is 0.203 e. The Morgan fingerprint density at radius 1 is 1.39 bits per heavy atom. The quantitative estimate of drug-likeness (QED) is 0.844. The van der Waals surface area contributed by atoms with Crippen LogP contribution in [0.15, 0.2) is 22.5 Å². The number of nitrogens with two attached hydrogens (primary N) is 1. The van der Waals surface area contributed by atoms with E-state index in [-0.39, 0.29) is 11.3 Å². The Labute approximate surface area is 110 Å². The average molecular weight is 289 g/mol. The monoisotopic (exact) mass is 289 g/mol. The number of aliphatic hydroxyl groups excluding tert-OH is 1. The largest absolute Gasteiger partial charge is 0.387 e. The van der Waals surface area contributed by atoms with Gasteiger partial charge < -0.3 is 10.8 Å². The van der Waals surface area contributed by atoms with Crippen LogP contribution in [0.1, 0.15) is 11.7 Å². The third-order valence-electron chi connectivity index (χ3n) is 2.10. The Morgan fingerprint density at radius 2 is 2.17 bits per heavy atom. The van der Waals surface area contributed by atoms with E-state index in [1.807, 2.05) is 0 Å². The highest BCUT2D eigenvalue weighted by molar-refractivity contribution is 8.01. The van der Waals surface area contributed by atoms with Crippen LogP contribution in [0.2, 0.25) is 0 Å². The Bertz CT molecular complexity index is 550. The van der Waals surface area contributed by atoms with E-state index >= 15 is 0 Å². The minimum Gasteiger partial charge on any atom is -0.387 e. The van der Waals surface area contributed by atoms with Gasteiger partial charge in [0, 0.05) is 11.3 Å². The summed E-state index contributed by atoms with van der Waals surface area (Å²) < 4.78 is 26.9. The van der Waals surface area contributed by atoms with Crippen molar-refractivity contribution in [2.24, 2.45) is 0 Å². The van der Waals surface area contributed by atoms with Gasteiger partial charge in [0.1, 0.15) is 11.6 Å². The van der Waals surface area contributed by atoms with Crippen molar-refractivity contribution in [1.82, 2.24) is 10.2 Å². The molecule has 0 aliphatic rings. The third-order valence-corrected chi connectivity index (χ3v) is 4.07. The van der Waals surface area contributed by atoms with Crippen molar-refractivity contribution in [1.29, 1.82) is 0 Å². The van der Waals surface area contributed by atoms with E-state index in [2.05, 4.69) is 10.2 Å². The van der Waals surface area contributed by atoms with Crippen LogP contribution < -0.4 is 5.73 Å². The zero-order chi connectivity index (χ0) is 13.1. The highest BCUT2D eigenvalue weighted by atomic mass is 32.2. The molecule has 3 N–H and O–H groups in total. The summed E-state index contributed by atoms with van der Waals surface area (Å²) in [5.41, 5.74) is 5.33. The van der Waals surface area contributed by atoms with E-state index in [9.17, 15) is 13.9 Å². The molecule has 0 amide bonds. The van der Waals surface area contributed by atoms with Gasteiger partial charge in [-0.05, 0) is 18.2 Å². The standard InChI is InChI=1S/C10H9F2N3OS2/c11-5-1-2-7(12)6(3-5)8(16)4-17-10-15-14-9(13)18-10/h1-3,8,16H,4H2,(H2,13,14). The first-order valence-corrected chi connectivity index (χ1v) is 6.71. The molecular weight excluding hydrogens is 280 g/mol. The number of aromatic nitrogens is 2. The number of halogens is 2. The molecule has 0 aliphatic carbocycles. The molecule has 1 unspecified atom stereocenters. The number of benzene rings is 1. The SMILES string of the molecule is Nc1nnc(SCC(O)c2cc(F)ccc2F)s1. The van der Waals surface area contributed by atoms with Gasteiger partial charge in [-0.25, -0.2) is 8.78 Å². The Kier molecular flexibility index (Phi) is 4.10. The van der Waals surface area contributed by atoms with Gasteiger partial charge >= 0.3 is 0 Å². The Morgan fingerprint density at radius 3 is 2.83 bits per heavy atom. The molecule has 2 rings (SSSR count). The van der Waals surface area contributed by atoms with Crippen molar-refractivity contribution in [3.05, 3.63) is 35.4 Å². The second-order valence-electron chi connectivity index (χ2n) is 3.40. The van der Waals surface area contributed by atoms with E-state index in [4.69, 9.17) is 5.73 Å². The molecule has 0 aliphatic heterocycles. The fourth-order valence-electron chi connectivity index (χ4n) is 1.29. The number of thioether (sulfide) groups is 1. The van der Waals surface area contributed by atoms with Crippen molar-refractivity contribution in [3.8, 4) is 0 Å². The van der Waals surface area contributed by atoms with E-state index < -0.39 is 17.7 Å². The number of rotatable bonds is 4. The van der Waals surface area contributed by atoms with Crippen LogP contribution >= 0.6 is 23.1 Å². The number of nitrogens with zero attached hydrogens (tertiary/aromatic N) is 2. The van der Waals surface area contributed by atoms with E-state index in [0.29, 0.717) is 9.47 Å². The summed E-state index contributed by atoms with van der Waals surface area (Å²) in [6.45, 7) is 0. The van der Waals surface area contributed by atoms with Gasteiger partial charge in [0.05, 0.1) is 6.10 Å². The molecule has 0 spiro atoms. The molecule has 0 fully saturated rings. The molecule has 96 valence electrons. The van der Waals surface area contributed by atoms with Gasteiger partial charge in [-0.2, -0.15) is 0 Å². The van der Waals surface area contributed by atoms with Crippen molar-refractivity contribution < 1.29 is 13.9 Å². The summed E-state index contributed by atoms with van der Waals surface area (Å²) in [7, 11) is 0. The highest BCUT2D eigenvalue weighted by Gasteiger charge is 2.15. The molecule has 0 saturated heterocycles. The third kappa shape index (κ3) is 3.15. The van der Waals surface area contributed by atoms with Crippen LogP contribution in [0.3, 0.4) is 0 Å². The first-order chi connectivity index (χ1) is 8.56. The van der Waals surface area contributed by atoms with Gasteiger partial charge in [-0.15, -0.1) is 10.2 Å². The van der Waals surface area contributed by atoms with Crippen molar-refractivity contribution >= 4 is 28.2 Å². The molecule has 1 atom stereocenters. The fourth-order valence-corrected chi connectivity index (χ4v) is 2.91. The smallest absolute Gasteiger partial charge is 0.203 e. The Balaban J connectivity index is 2.03. The average Bonchev–Trinajstić information content (AvgIpc) is 2.75. The molecule has 4 nitrogen and oxygen atoms in total. The molecule has 18 heavy (non-hydrogen) atoms.